The third kappa shape index (κ3) is 11.1. The Balaban J connectivity index is 0.870. The molecule has 8 nitrogen and oxygen atoms in total. The number of nitrogens with one attached hydrogen (secondary N) is 2. The van der Waals surface area contributed by atoms with Gasteiger partial charge in [-0.3, -0.25) is 5.32 Å². The second-order valence-corrected chi connectivity index (χ2v) is 24.3. The lowest BCUT2D eigenvalue weighted by Crippen LogP contribution is -2.41. The van der Waals surface area contributed by atoms with Crippen LogP contribution < -0.4 is 10.6 Å². The van der Waals surface area contributed by atoms with Gasteiger partial charge in [-0.2, -0.15) is 0 Å². The zero-order chi connectivity index (χ0) is 53.7. The van der Waals surface area contributed by atoms with E-state index >= 15 is 0 Å². The Labute approximate surface area is 477 Å². The topological polar surface area (TPSA) is 103 Å². The molecule has 2 N–H and O–H groups in total. The highest BCUT2D eigenvalue weighted by atomic mass is 32.2. The summed E-state index contributed by atoms with van der Waals surface area (Å²) in [5.41, 5.74) is 6.09. The fraction of sp³-hybridized carbons (Fsp3) is 0.106. The van der Waals surface area contributed by atoms with Gasteiger partial charge in [0, 0.05) is 99.1 Å². The van der Waals surface area contributed by atoms with Crippen LogP contribution in [0.15, 0.2) is 223 Å². The Morgan fingerprint density at radius 3 is 1.58 bits per heavy atom. The molecule has 0 spiro atoms. The molecule has 0 bridgehead atoms. The van der Waals surface area contributed by atoms with Crippen LogP contribution in [-0.4, -0.2) is 56.0 Å². The molecule has 0 radical (unpaired) electrons. The van der Waals surface area contributed by atoms with Crippen molar-refractivity contribution >= 4 is 142 Å². The molecule has 3 aromatic heterocycles. The Hall–Kier alpha value is -7.91. The van der Waals surface area contributed by atoms with Crippen LogP contribution in [0.25, 0.3) is 93.9 Å². The second-order valence-electron chi connectivity index (χ2n) is 19.1. The van der Waals surface area contributed by atoms with Crippen LogP contribution in [0.5, 0.6) is 0 Å². The van der Waals surface area contributed by atoms with Gasteiger partial charge < -0.3 is 19.5 Å². The monoisotopic (exact) mass is 1130 g/mol. The number of carbonyl (C=O) groups excluding carboxylic acids is 3. The number of hydrogen-bond donors (Lipinski definition) is 2. The maximum atomic E-state index is 14.3. The highest BCUT2D eigenvalue weighted by Gasteiger charge is 2.36. The minimum Gasteiger partial charge on any atom is -0.461 e. The van der Waals surface area contributed by atoms with Gasteiger partial charge in [0.15, 0.2) is 0 Å². The quantitative estimate of drug-likeness (QED) is 0.0288. The lowest BCUT2D eigenvalue weighted by atomic mass is 9.95. The molecule has 1 atom stereocenters. The van der Waals surface area contributed by atoms with E-state index in [0.29, 0.717) is 17.2 Å². The summed E-state index contributed by atoms with van der Waals surface area (Å²) < 4.78 is 24.9. The van der Waals surface area contributed by atoms with Crippen LogP contribution in [0.4, 0.5) is 15.3 Å². The van der Waals surface area contributed by atoms with E-state index in [4.69, 9.17) is 14.2 Å². The predicted octanol–water partition coefficient (Wildman–Crippen LogP) is 18.4. The molecule has 0 aliphatic carbocycles. The summed E-state index contributed by atoms with van der Waals surface area (Å²) in [6, 6.07) is 69.5. The number of amides is 2. The van der Waals surface area contributed by atoms with Gasteiger partial charge in [0.1, 0.15) is 19.8 Å². The van der Waals surface area contributed by atoms with Crippen LogP contribution in [0.3, 0.4) is 0 Å². The molecule has 0 saturated heterocycles. The molecule has 0 aliphatic heterocycles. The Bertz CT molecular complexity index is 4280. The van der Waals surface area contributed by atoms with Gasteiger partial charge in [-0.15, -0.1) is 57.5 Å². The van der Waals surface area contributed by atoms with Crippen molar-refractivity contribution < 1.29 is 28.6 Å². The Morgan fingerprint density at radius 1 is 0.481 bits per heavy atom. The summed E-state index contributed by atoms with van der Waals surface area (Å²) in [4.78, 5) is 41.7. The molecule has 0 fully saturated rings. The normalized spacial score (nSPS) is 12.3. The molecule has 12 aromatic rings. The van der Waals surface area contributed by atoms with Crippen LogP contribution in [0, 0.1) is 5.41 Å². The molecule has 12 rings (SSSR count). The van der Waals surface area contributed by atoms with Gasteiger partial charge in [-0.25, -0.2) is 14.4 Å². The van der Waals surface area contributed by atoms with Crippen LogP contribution in [0.2, 0.25) is 0 Å². The largest absolute Gasteiger partial charge is 0.461 e. The van der Waals surface area contributed by atoms with E-state index < -0.39 is 23.6 Å². The summed E-state index contributed by atoms with van der Waals surface area (Å²) in [6.07, 6.45) is -0.261. The number of carbonyl (C=O) groups is 3. The minimum absolute atomic E-state index is 0.0281. The maximum Gasteiger partial charge on any atom is 0.411 e. The Morgan fingerprint density at radius 2 is 0.962 bits per heavy atom. The summed E-state index contributed by atoms with van der Waals surface area (Å²) in [6.45, 7) is 3.21. The highest BCUT2D eigenvalue weighted by Crippen LogP contribution is 2.46. The molecule has 0 aliphatic rings. The van der Waals surface area contributed by atoms with Crippen LogP contribution in [-0.2, 0) is 19.0 Å². The van der Waals surface area contributed by atoms with Crippen LogP contribution in [0.1, 0.15) is 0 Å². The minimum atomic E-state index is -0.962. The molecular weight excluding hydrogens is 1080 g/mol. The molecule has 9 aromatic carbocycles. The number of thioether (sulfide) groups is 2. The zero-order valence-electron chi connectivity index (χ0n) is 42.6. The first-order valence-corrected chi connectivity index (χ1v) is 30.1. The fourth-order valence-electron chi connectivity index (χ4n) is 9.96. The third-order valence-electron chi connectivity index (χ3n) is 13.8. The first-order valence-electron chi connectivity index (χ1n) is 25.7. The van der Waals surface area contributed by atoms with Crippen molar-refractivity contribution in [3.8, 4) is 33.4 Å². The third-order valence-corrected chi connectivity index (χ3v) is 20.3. The van der Waals surface area contributed by atoms with Gasteiger partial charge in [-0.1, -0.05) is 158 Å². The van der Waals surface area contributed by atoms with Gasteiger partial charge in [0.05, 0.1) is 12.0 Å². The zero-order valence-corrected chi connectivity index (χ0v) is 46.7. The summed E-state index contributed by atoms with van der Waals surface area (Å²) in [5, 5.41) is 13.0. The van der Waals surface area contributed by atoms with Crippen molar-refractivity contribution in [2.75, 3.05) is 43.2 Å². The van der Waals surface area contributed by atoms with Gasteiger partial charge in [-0.05, 0) is 76.3 Å². The van der Waals surface area contributed by atoms with E-state index in [2.05, 4.69) is 193 Å². The molecule has 3 heterocycles. The molecule has 1 unspecified atom stereocenters. The summed E-state index contributed by atoms with van der Waals surface area (Å²) >= 11 is 8.60. The first kappa shape index (κ1) is 51.8. The van der Waals surface area contributed by atoms with Crippen molar-refractivity contribution in [1.29, 1.82) is 0 Å². The Kier molecular flexibility index (Phi) is 15.2. The standard InChI is InChI=1S/C66H50N2O6S5/c1-2-60(69)72-35-34-67-64(70)73-38-66(40-75-45-19-12-17-43(37-45)47-25-14-27-54-50-22-5-9-32-58(50)78-62(47)54,41-76-56-30-7-3-20-48(56)52-28-15-29-55-51-23-6-10-33-59(51)79-63(52)55)39-74-65(71)68-44-18-11-16-42(36-44)46-24-13-26-53-49-21-4-8-31-57(49)77-61(46)53/h2-33,36-37H,1,34-35,38-41H2,(H,67,70)(H,68,71). The fourth-order valence-corrected chi connectivity index (χ4v) is 16.2. The van der Waals surface area contributed by atoms with E-state index in [0.717, 1.165) is 49.2 Å². The number of hydrogen-bond acceptors (Lipinski definition) is 11. The van der Waals surface area contributed by atoms with E-state index in [1.807, 2.05) is 24.3 Å². The van der Waals surface area contributed by atoms with Crippen molar-refractivity contribution in [3.63, 3.8) is 0 Å². The summed E-state index contributed by atoms with van der Waals surface area (Å²) in [5.74, 6) is 0.204. The molecule has 2 amide bonds. The van der Waals surface area contributed by atoms with Gasteiger partial charge in [0.25, 0.3) is 0 Å². The molecule has 0 saturated carbocycles. The molecule has 390 valence electrons. The second kappa shape index (κ2) is 23.2. The van der Waals surface area contributed by atoms with E-state index in [1.54, 1.807) is 57.5 Å². The molecule has 79 heavy (non-hydrogen) atoms. The SMILES string of the molecule is C=CC(=O)OCCNC(=O)OCC(COC(=O)Nc1cccc(-c2cccc3c2sc2ccccc23)c1)(CSc1cccc(-c2cccc3c2sc2ccccc23)c1)CSc1ccccc1-c1cccc2c1sc1ccccc12. The van der Waals surface area contributed by atoms with Gasteiger partial charge in [0.2, 0.25) is 0 Å². The van der Waals surface area contributed by atoms with Gasteiger partial charge >= 0.3 is 18.2 Å². The molecular formula is C66H50N2O6S5. The highest BCUT2D eigenvalue weighted by molar-refractivity contribution is 8.00. The number of rotatable bonds is 18. The maximum absolute atomic E-state index is 14.3. The van der Waals surface area contributed by atoms with Crippen molar-refractivity contribution in [2.45, 2.75) is 9.79 Å². The number of ether oxygens (including phenoxy) is 3. The van der Waals surface area contributed by atoms with Crippen LogP contribution >= 0.6 is 57.5 Å². The summed E-state index contributed by atoms with van der Waals surface area (Å²) in [7, 11) is 0. The number of thiophene rings is 3. The van der Waals surface area contributed by atoms with Crippen molar-refractivity contribution in [3.05, 3.63) is 213 Å². The number of alkyl carbamates (subject to hydrolysis) is 1. The lowest BCUT2D eigenvalue weighted by Gasteiger charge is -2.32. The van der Waals surface area contributed by atoms with E-state index in [1.165, 1.54) is 60.5 Å². The first-order chi connectivity index (χ1) is 38.8. The number of anilines is 1. The van der Waals surface area contributed by atoms with Crippen molar-refractivity contribution in [1.82, 2.24) is 5.32 Å². The molecule has 13 heteroatoms. The number of esters is 1. The lowest BCUT2D eigenvalue weighted by molar-refractivity contribution is -0.137. The van der Waals surface area contributed by atoms with E-state index in [-0.39, 0.29) is 26.4 Å². The van der Waals surface area contributed by atoms with Crippen molar-refractivity contribution in [2.24, 2.45) is 5.41 Å². The average molecular weight is 1130 g/mol. The van der Waals surface area contributed by atoms with E-state index in [9.17, 15) is 14.4 Å². The predicted molar refractivity (Wildman–Crippen MR) is 334 cm³/mol. The average Bonchev–Trinajstić information content (AvgIpc) is 4.27. The number of fused-ring (bicyclic) bond motifs is 9. The smallest absolute Gasteiger partial charge is 0.411 e. The number of benzene rings is 9.